The molecule has 0 amide bonds. The highest BCUT2D eigenvalue weighted by atomic mass is 19.3. The van der Waals surface area contributed by atoms with E-state index in [1.165, 1.54) is 0 Å². The molecule has 0 aliphatic rings. The first kappa shape index (κ1) is 12.7. The van der Waals surface area contributed by atoms with E-state index in [0.717, 1.165) is 6.42 Å². The van der Waals surface area contributed by atoms with Crippen LogP contribution >= 0.6 is 0 Å². The Morgan fingerprint density at radius 3 is 2.00 bits per heavy atom. The largest absolute Gasteiger partial charge is 0.337 e. The van der Waals surface area contributed by atoms with Gasteiger partial charge in [-0.3, -0.25) is 0 Å². The zero-order valence-electron chi connectivity index (χ0n) is 7.37. The second-order valence-corrected chi connectivity index (χ2v) is 2.94. The lowest BCUT2D eigenvalue weighted by molar-refractivity contribution is -0.172. The summed E-state index contributed by atoms with van der Waals surface area (Å²) in [6.45, 7) is 1.82. The minimum absolute atomic E-state index is 0.222. The van der Waals surface area contributed by atoms with Gasteiger partial charge in [-0.05, 0) is 6.42 Å². The fourth-order valence-corrected chi connectivity index (χ4v) is 0.903. The Morgan fingerprint density at radius 2 is 1.62 bits per heavy atom. The SMILES string of the molecule is CCCCCC(F)C(F)(F)C(F)F. The normalized spacial score (nSPS) is 15.0. The Hall–Kier alpha value is -0.350. The van der Waals surface area contributed by atoms with Crippen LogP contribution in [0.2, 0.25) is 0 Å². The van der Waals surface area contributed by atoms with Gasteiger partial charge in [-0.15, -0.1) is 0 Å². The van der Waals surface area contributed by atoms with Crippen LogP contribution in [0, 0.1) is 0 Å². The van der Waals surface area contributed by atoms with E-state index in [4.69, 9.17) is 0 Å². The lowest BCUT2D eigenvalue weighted by Crippen LogP contribution is -2.37. The first-order valence-electron chi connectivity index (χ1n) is 4.23. The van der Waals surface area contributed by atoms with Gasteiger partial charge in [-0.1, -0.05) is 26.2 Å². The molecule has 5 heteroatoms. The molecule has 0 rings (SSSR count). The Bertz CT molecular complexity index is 134. The van der Waals surface area contributed by atoms with E-state index >= 15 is 0 Å². The second kappa shape index (κ2) is 5.40. The highest BCUT2D eigenvalue weighted by Crippen LogP contribution is 2.31. The van der Waals surface area contributed by atoms with Gasteiger partial charge in [0, 0.05) is 0 Å². The van der Waals surface area contributed by atoms with Gasteiger partial charge in [0.05, 0.1) is 0 Å². The van der Waals surface area contributed by atoms with Crippen LogP contribution in [0.3, 0.4) is 0 Å². The Labute approximate surface area is 74.1 Å². The first-order chi connectivity index (χ1) is 5.92. The molecule has 0 aromatic heterocycles. The molecule has 1 atom stereocenters. The number of alkyl halides is 5. The molecule has 0 saturated heterocycles. The van der Waals surface area contributed by atoms with Gasteiger partial charge in [0.25, 0.3) is 0 Å². The van der Waals surface area contributed by atoms with Crippen molar-refractivity contribution in [3.05, 3.63) is 0 Å². The topological polar surface area (TPSA) is 0 Å². The van der Waals surface area contributed by atoms with Crippen molar-refractivity contribution >= 4 is 0 Å². The minimum Gasteiger partial charge on any atom is -0.241 e. The lowest BCUT2D eigenvalue weighted by atomic mass is 10.1. The van der Waals surface area contributed by atoms with Gasteiger partial charge in [0.1, 0.15) is 0 Å². The van der Waals surface area contributed by atoms with Crippen LogP contribution in [0.5, 0.6) is 0 Å². The fourth-order valence-electron chi connectivity index (χ4n) is 0.903. The third-order valence-electron chi connectivity index (χ3n) is 1.77. The standard InChI is InChI=1S/C8H13F5/c1-2-3-4-5-6(9)8(12,13)7(10)11/h6-7H,2-5H2,1H3. The Morgan fingerprint density at radius 1 is 1.08 bits per heavy atom. The van der Waals surface area contributed by atoms with Crippen LogP contribution < -0.4 is 0 Å². The predicted octanol–water partition coefficient (Wildman–Crippen LogP) is 3.81. The number of rotatable bonds is 6. The average molecular weight is 204 g/mol. The molecule has 0 aliphatic carbocycles. The molecule has 0 bridgehead atoms. The molecule has 0 saturated carbocycles. The summed E-state index contributed by atoms with van der Waals surface area (Å²) in [6, 6.07) is 0. The molecular weight excluding hydrogens is 191 g/mol. The third kappa shape index (κ3) is 3.91. The van der Waals surface area contributed by atoms with E-state index in [2.05, 4.69) is 0 Å². The smallest absolute Gasteiger partial charge is 0.241 e. The summed E-state index contributed by atoms with van der Waals surface area (Å²) in [5, 5.41) is 0. The van der Waals surface area contributed by atoms with Crippen molar-refractivity contribution in [1.82, 2.24) is 0 Å². The van der Waals surface area contributed by atoms with Crippen molar-refractivity contribution in [1.29, 1.82) is 0 Å². The van der Waals surface area contributed by atoms with Gasteiger partial charge in [-0.25, -0.2) is 13.2 Å². The van der Waals surface area contributed by atoms with E-state index in [-0.39, 0.29) is 6.42 Å². The highest BCUT2D eigenvalue weighted by molar-refractivity contribution is 4.79. The molecule has 0 spiro atoms. The Balaban J connectivity index is 3.87. The lowest BCUT2D eigenvalue weighted by Gasteiger charge is -2.19. The maximum atomic E-state index is 12.5. The number of halogens is 5. The maximum absolute atomic E-state index is 12.5. The fraction of sp³-hybridized carbons (Fsp3) is 1.00. The van der Waals surface area contributed by atoms with Gasteiger partial charge in [0.2, 0.25) is 0 Å². The van der Waals surface area contributed by atoms with Crippen LogP contribution in [0.15, 0.2) is 0 Å². The van der Waals surface area contributed by atoms with Crippen LogP contribution in [0.4, 0.5) is 22.0 Å². The van der Waals surface area contributed by atoms with Gasteiger partial charge in [0.15, 0.2) is 6.17 Å². The van der Waals surface area contributed by atoms with Crippen molar-refractivity contribution < 1.29 is 22.0 Å². The maximum Gasteiger partial charge on any atom is 0.337 e. The van der Waals surface area contributed by atoms with E-state index in [9.17, 15) is 22.0 Å². The van der Waals surface area contributed by atoms with Gasteiger partial charge < -0.3 is 0 Å². The molecule has 0 N–H and O–H groups in total. The van der Waals surface area contributed by atoms with E-state index in [0.29, 0.717) is 6.42 Å². The molecule has 1 unspecified atom stereocenters. The number of hydrogen-bond acceptors (Lipinski definition) is 0. The number of unbranched alkanes of at least 4 members (excludes halogenated alkanes) is 2. The summed E-state index contributed by atoms with van der Waals surface area (Å²) in [5.74, 6) is -4.49. The molecule has 0 radical (unpaired) electrons. The zero-order valence-corrected chi connectivity index (χ0v) is 7.37. The van der Waals surface area contributed by atoms with Crippen molar-refractivity contribution in [3.63, 3.8) is 0 Å². The molecule has 0 heterocycles. The average Bonchev–Trinajstić information content (AvgIpc) is 2.04. The first-order valence-corrected chi connectivity index (χ1v) is 4.23. The van der Waals surface area contributed by atoms with Crippen LogP contribution in [0.25, 0.3) is 0 Å². The molecule has 80 valence electrons. The van der Waals surface area contributed by atoms with E-state index in [1.807, 2.05) is 6.92 Å². The van der Waals surface area contributed by atoms with Crippen LogP contribution in [0.1, 0.15) is 32.6 Å². The summed E-state index contributed by atoms with van der Waals surface area (Å²) in [5.41, 5.74) is 0. The van der Waals surface area contributed by atoms with E-state index < -0.39 is 24.9 Å². The van der Waals surface area contributed by atoms with Crippen LogP contribution in [-0.4, -0.2) is 18.5 Å². The summed E-state index contributed by atoms with van der Waals surface area (Å²) < 4.78 is 60.2. The zero-order chi connectivity index (χ0) is 10.5. The summed E-state index contributed by atoms with van der Waals surface area (Å²) in [7, 11) is 0. The molecule has 0 aromatic carbocycles. The molecular formula is C8H13F5. The molecule has 13 heavy (non-hydrogen) atoms. The highest BCUT2D eigenvalue weighted by Gasteiger charge is 2.48. The van der Waals surface area contributed by atoms with Gasteiger partial charge >= 0.3 is 12.3 Å². The van der Waals surface area contributed by atoms with Crippen molar-refractivity contribution in [3.8, 4) is 0 Å². The molecule has 0 aromatic rings. The monoisotopic (exact) mass is 204 g/mol. The summed E-state index contributed by atoms with van der Waals surface area (Å²) in [4.78, 5) is 0. The van der Waals surface area contributed by atoms with E-state index in [1.54, 1.807) is 0 Å². The van der Waals surface area contributed by atoms with Gasteiger partial charge in [-0.2, -0.15) is 8.78 Å². The third-order valence-corrected chi connectivity index (χ3v) is 1.77. The number of hydrogen-bond donors (Lipinski definition) is 0. The summed E-state index contributed by atoms with van der Waals surface area (Å²) in [6.07, 6.45) is -5.58. The predicted molar refractivity (Wildman–Crippen MR) is 40.0 cm³/mol. The summed E-state index contributed by atoms with van der Waals surface area (Å²) >= 11 is 0. The Kier molecular flexibility index (Phi) is 5.25. The quantitative estimate of drug-likeness (QED) is 0.456. The van der Waals surface area contributed by atoms with Crippen LogP contribution in [-0.2, 0) is 0 Å². The van der Waals surface area contributed by atoms with Crippen molar-refractivity contribution in [2.75, 3.05) is 0 Å². The minimum atomic E-state index is -4.49. The second-order valence-electron chi connectivity index (χ2n) is 2.94. The molecule has 0 nitrogen and oxygen atoms in total. The molecule has 0 aliphatic heterocycles. The molecule has 0 fully saturated rings. The van der Waals surface area contributed by atoms with Crippen molar-refractivity contribution in [2.24, 2.45) is 0 Å². The van der Waals surface area contributed by atoms with Crippen molar-refractivity contribution in [2.45, 2.75) is 51.1 Å².